The molecule has 0 aliphatic rings. The van der Waals surface area contributed by atoms with Gasteiger partial charge >= 0.3 is 0 Å². The van der Waals surface area contributed by atoms with Crippen molar-refractivity contribution in [2.24, 2.45) is 5.10 Å². The summed E-state index contributed by atoms with van der Waals surface area (Å²) in [6.45, 7) is 0. The van der Waals surface area contributed by atoms with Crippen molar-refractivity contribution in [3.05, 3.63) is 42.1 Å². The Morgan fingerprint density at radius 1 is 1.28 bits per heavy atom. The van der Waals surface area contributed by atoms with Crippen LogP contribution in [0.25, 0.3) is 10.9 Å². The second-order valence-electron chi connectivity index (χ2n) is 4.00. The summed E-state index contributed by atoms with van der Waals surface area (Å²) < 4.78 is 0. The van der Waals surface area contributed by atoms with Crippen LogP contribution in [0.1, 0.15) is 5.69 Å². The molecule has 0 unspecified atom stereocenters. The number of hydrogen-bond acceptors (Lipinski definition) is 3. The van der Waals surface area contributed by atoms with Crippen LogP contribution in [0, 0.1) is 0 Å². The van der Waals surface area contributed by atoms with Crippen LogP contribution in [0.3, 0.4) is 0 Å². The Morgan fingerprint density at radius 2 is 2.06 bits per heavy atom. The van der Waals surface area contributed by atoms with Gasteiger partial charge in [0, 0.05) is 19.5 Å². The molecule has 0 spiro atoms. The molecule has 0 saturated carbocycles. The predicted octanol–water partition coefficient (Wildman–Crippen LogP) is 2.00. The van der Waals surface area contributed by atoms with Gasteiger partial charge < -0.3 is 4.90 Å². The monoisotopic (exact) mass is 258 g/mol. The Hall–Kier alpha value is -2.01. The molecular formula is C13H14N4S. The zero-order valence-corrected chi connectivity index (χ0v) is 11.1. The lowest BCUT2D eigenvalue weighted by Crippen LogP contribution is -2.30. The molecule has 92 valence electrons. The molecule has 0 amide bonds. The predicted molar refractivity (Wildman–Crippen MR) is 78.8 cm³/mol. The average Bonchev–Trinajstić information content (AvgIpc) is 2.38. The SMILES string of the molecule is CN(C)C(=S)N/N=C/c1ccc2ccccc2n1. The van der Waals surface area contributed by atoms with Gasteiger partial charge in [0.15, 0.2) is 5.11 Å². The van der Waals surface area contributed by atoms with Crippen molar-refractivity contribution in [3.8, 4) is 0 Å². The number of para-hydroxylation sites is 1. The minimum absolute atomic E-state index is 0.562. The van der Waals surface area contributed by atoms with E-state index in [0.29, 0.717) is 5.11 Å². The fourth-order valence-corrected chi connectivity index (χ4v) is 1.46. The molecule has 1 heterocycles. The maximum Gasteiger partial charge on any atom is 0.189 e. The Labute approximate surface area is 111 Å². The van der Waals surface area contributed by atoms with Crippen LogP contribution >= 0.6 is 12.2 Å². The van der Waals surface area contributed by atoms with E-state index >= 15 is 0 Å². The summed E-state index contributed by atoms with van der Waals surface area (Å²) in [6, 6.07) is 11.9. The van der Waals surface area contributed by atoms with Gasteiger partial charge in [-0.3, -0.25) is 5.43 Å². The summed E-state index contributed by atoms with van der Waals surface area (Å²) in [5, 5.41) is 5.73. The minimum atomic E-state index is 0.562. The maximum atomic E-state index is 5.05. The zero-order valence-electron chi connectivity index (χ0n) is 10.3. The van der Waals surface area contributed by atoms with Gasteiger partial charge in [-0.15, -0.1) is 0 Å². The summed E-state index contributed by atoms with van der Waals surface area (Å²) in [5.41, 5.74) is 4.51. The number of thiocarbonyl (C=S) groups is 1. The first-order valence-electron chi connectivity index (χ1n) is 5.53. The van der Waals surface area contributed by atoms with Gasteiger partial charge in [-0.1, -0.05) is 24.3 Å². The molecule has 2 rings (SSSR count). The van der Waals surface area contributed by atoms with Gasteiger partial charge in [0.2, 0.25) is 0 Å². The number of nitrogens with one attached hydrogen (secondary N) is 1. The van der Waals surface area contributed by atoms with Crippen LogP contribution in [-0.2, 0) is 0 Å². The molecule has 1 aromatic heterocycles. The highest BCUT2D eigenvalue weighted by molar-refractivity contribution is 7.80. The summed E-state index contributed by atoms with van der Waals surface area (Å²) in [5.74, 6) is 0. The number of hydrazone groups is 1. The Bertz CT molecular complexity index is 592. The number of hydrogen-bond donors (Lipinski definition) is 1. The number of fused-ring (bicyclic) bond motifs is 1. The highest BCUT2D eigenvalue weighted by Crippen LogP contribution is 2.10. The number of aromatic nitrogens is 1. The second kappa shape index (κ2) is 5.55. The third-order valence-corrected chi connectivity index (χ3v) is 2.84. The summed E-state index contributed by atoms with van der Waals surface area (Å²) in [6.07, 6.45) is 1.66. The summed E-state index contributed by atoms with van der Waals surface area (Å²) in [7, 11) is 3.72. The molecule has 18 heavy (non-hydrogen) atoms. The number of pyridine rings is 1. The van der Waals surface area contributed by atoms with E-state index in [1.54, 1.807) is 11.1 Å². The standard InChI is InChI=1S/C13H14N4S/c1-17(2)13(18)16-14-9-11-8-7-10-5-3-4-6-12(10)15-11/h3-9H,1-2H3,(H,16,18)/b14-9+. The smallest absolute Gasteiger partial charge is 0.189 e. The number of benzene rings is 1. The van der Waals surface area contributed by atoms with E-state index in [0.717, 1.165) is 16.6 Å². The largest absolute Gasteiger partial charge is 0.354 e. The van der Waals surface area contributed by atoms with Crippen molar-refractivity contribution in [2.45, 2.75) is 0 Å². The second-order valence-corrected chi connectivity index (χ2v) is 4.39. The van der Waals surface area contributed by atoms with E-state index in [1.807, 2.05) is 50.5 Å². The van der Waals surface area contributed by atoms with Gasteiger partial charge in [-0.2, -0.15) is 5.10 Å². The van der Waals surface area contributed by atoms with Crippen molar-refractivity contribution in [1.29, 1.82) is 0 Å². The number of rotatable bonds is 2. The summed E-state index contributed by atoms with van der Waals surface area (Å²) >= 11 is 5.05. The fraction of sp³-hybridized carbons (Fsp3) is 0.154. The molecule has 0 aliphatic heterocycles. The molecule has 0 radical (unpaired) electrons. The Morgan fingerprint density at radius 3 is 2.83 bits per heavy atom. The first kappa shape index (κ1) is 12.4. The molecular weight excluding hydrogens is 244 g/mol. The topological polar surface area (TPSA) is 40.5 Å². The van der Waals surface area contributed by atoms with Crippen LogP contribution < -0.4 is 5.43 Å². The highest BCUT2D eigenvalue weighted by atomic mass is 32.1. The molecule has 0 bridgehead atoms. The van der Waals surface area contributed by atoms with Gasteiger partial charge in [-0.25, -0.2) is 4.98 Å². The zero-order chi connectivity index (χ0) is 13.0. The lowest BCUT2D eigenvalue weighted by molar-refractivity contribution is 0.606. The Kier molecular flexibility index (Phi) is 3.84. The van der Waals surface area contributed by atoms with E-state index in [1.165, 1.54) is 0 Å². The third kappa shape index (κ3) is 3.01. The van der Waals surface area contributed by atoms with Crippen molar-refractivity contribution in [1.82, 2.24) is 15.3 Å². The average molecular weight is 258 g/mol. The van der Waals surface area contributed by atoms with Gasteiger partial charge in [-0.05, 0) is 24.4 Å². The van der Waals surface area contributed by atoms with E-state index in [-0.39, 0.29) is 0 Å². The quantitative estimate of drug-likeness (QED) is 0.508. The van der Waals surface area contributed by atoms with Gasteiger partial charge in [0.1, 0.15) is 0 Å². The van der Waals surface area contributed by atoms with Gasteiger partial charge in [0.25, 0.3) is 0 Å². The normalized spacial score (nSPS) is 10.8. The van der Waals surface area contributed by atoms with Crippen LogP contribution in [0.5, 0.6) is 0 Å². The molecule has 5 heteroatoms. The van der Waals surface area contributed by atoms with Crippen LogP contribution in [-0.4, -0.2) is 35.3 Å². The molecule has 1 N–H and O–H groups in total. The minimum Gasteiger partial charge on any atom is -0.354 e. The van der Waals surface area contributed by atoms with Crippen molar-refractivity contribution in [3.63, 3.8) is 0 Å². The van der Waals surface area contributed by atoms with E-state index in [2.05, 4.69) is 15.5 Å². The van der Waals surface area contributed by atoms with Crippen LogP contribution in [0.15, 0.2) is 41.5 Å². The molecule has 0 atom stereocenters. The molecule has 0 fully saturated rings. The van der Waals surface area contributed by atoms with Crippen molar-refractivity contribution >= 4 is 34.4 Å². The number of nitrogens with zero attached hydrogens (tertiary/aromatic N) is 3. The lowest BCUT2D eigenvalue weighted by atomic mass is 10.2. The molecule has 0 aliphatic carbocycles. The van der Waals surface area contributed by atoms with E-state index in [9.17, 15) is 0 Å². The van der Waals surface area contributed by atoms with E-state index in [4.69, 9.17) is 12.2 Å². The molecule has 4 nitrogen and oxygen atoms in total. The third-order valence-electron chi connectivity index (χ3n) is 2.38. The van der Waals surface area contributed by atoms with Gasteiger partial charge in [0.05, 0.1) is 17.4 Å². The maximum absolute atomic E-state index is 5.05. The fourth-order valence-electron chi connectivity index (χ4n) is 1.41. The highest BCUT2D eigenvalue weighted by Gasteiger charge is 1.96. The first-order valence-corrected chi connectivity index (χ1v) is 5.94. The summed E-state index contributed by atoms with van der Waals surface area (Å²) in [4.78, 5) is 6.25. The van der Waals surface area contributed by atoms with Crippen molar-refractivity contribution < 1.29 is 0 Å². The van der Waals surface area contributed by atoms with Crippen molar-refractivity contribution in [2.75, 3.05) is 14.1 Å². The van der Waals surface area contributed by atoms with Crippen LogP contribution in [0.4, 0.5) is 0 Å². The molecule has 0 saturated heterocycles. The first-order chi connectivity index (χ1) is 8.66. The van der Waals surface area contributed by atoms with Crippen LogP contribution in [0.2, 0.25) is 0 Å². The molecule has 1 aromatic carbocycles. The Balaban J connectivity index is 2.12. The van der Waals surface area contributed by atoms with E-state index < -0.39 is 0 Å². The lowest BCUT2D eigenvalue weighted by Gasteiger charge is -2.11. The molecule has 2 aromatic rings.